The number of Topliss-reactive ketones (excluding diaryl/α,β-unsaturated/α-hetero) is 1. The molecule has 1 aliphatic heterocycles. The molecule has 1 aromatic rings. The van der Waals surface area contributed by atoms with Crippen molar-refractivity contribution in [3.8, 4) is 0 Å². The number of rotatable bonds is 27. The minimum atomic E-state index is -0.919. The van der Waals surface area contributed by atoms with Gasteiger partial charge >= 0.3 is 11.9 Å². The van der Waals surface area contributed by atoms with E-state index in [1.165, 1.54) is 7.11 Å². The van der Waals surface area contributed by atoms with E-state index in [-0.39, 0.29) is 83.3 Å². The highest BCUT2D eigenvalue weighted by Crippen LogP contribution is 2.64. The topological polar surface area (TPSA) is 181 Å². The molecule has 356 valence electrons. The molecule has 2 aliphatic rings. The van der Waals surface area contributed by atoms with Crippen molar-refractivity contribution >= 4 is 35.4 Å². The van der Waals surface area contributed by atoms with Crippen molar-refractivity contribution in [2.45, 2.75) is 156 Å². The summed E-state index contributed by atoms with van der Waals surface area (Å²) >= 11 is 0. The first-order valence-corrected chi connectivity index (χ1v) is 23.3. The van der Waals surface area contributed by atoms with Gasteiger partial charge in [-0.05, 0) is 74.9 Å². The van der Waals surface area contributed by atoms with Gasteiger partial charge in [0, 0.05) is 44.4 Å². The highest BCUT2D eigenvalue weighted by Gasteiger charge is 2.62. The molecule has 1 aliphatic carbocycles. The molecular weight excluding hydrogens is 805 g/mol. The monoisotopic (exact) mass is 885 g/mol. The van der Waals surface area contributed by atoms with Gasteiger partial charge in [-0.2, -0.15) is 0 Å². The summed E-state index contributed by atoms with van der Waals surface area (Å²) in [5.74, 6) is -3.42. The third-order valence-corrected chi connectivity index (χ3v) is 14.4. The zero-order valence-corrected chi connectivity index (χ0v) is 40.5. The first-order valence-electron chi connectivity index (χ1n) is 23.3. The maximum atomic E-state index is 14.4. The number of carbonyl (C=O) groups is 6. The number of benzene rings is 1. The van der Waals surface area contributed by atoms with Gasteiger partial charge in [-0.1, -0.05) is 99.1 Å². The number of hydrogen-bond acceptors (Lipinski definition) is 10. The van der Waals surface area contributed by atoms with Gasteiger partial charge in [0.15, 0.2) is 5.78 Å². The van der Waals surface area contributed by atoms with E-state index in [1.807, 2.05) is 88.7 Å². The van der Waals surface area contributed by atoms with Crippen molar-refractivity contribution in [2.75, 3.05) is 41.5 Å². The van der Waals surface area contributed by atoms with Gasteiger partial charge in [0.2, 0.25) is 17.7 Å². The Morgan fingerprint density at radius 2 is 1.52 bits per heavy atom. The van der Waals surface area contributed by atoms with E-state index in [2.05, 4.69) is 24.5 Å². The summed E-state index contributed by atoms with van der Waals surface area (Å²) in [6, 6.07) is 6.97. The Labute approximate surface area is 377 Å². The van der Waals surface area contributed by atoms with E-state index in [1.54, 1.807) is 21.1 Å². The summed E-state index contributed by atoms with van der Waals surface area (Å²) in [6.45, 7) is 18.6. The number of ether oxygens (including phenoxy) is 3. The van der Waals surface area contributed by atoms with Crippen LogP contribution in [0.15, 0.2) is 30.3 Å². The van der Waals surface area contributed by atoms with Crippen LogP contribution in [0.4, 0.5) is 0 Å². The van der Waals surface area contributed by atoms with Crippen LogP contribution in [0.3, 0.4) is 0 Å². The van der Waals surface area contributed by atoms with Crippen molar-refractivity contribution in [3.63, 3.8) is 0 Å². The van der Waals surface area contributed by atoms with Crippen molar-refractivity contribution in [1.82, 2.24) is 20.4 Å². The van der Waals surface area contributed by atoms with Crippen LogP contribution >= 0.6 is 0 Å². The van der Waals surface area contributed by atoms with E-state index in [4.69, 9.17) is 19.3 Å². The van der Waals surface area contributed by atoms with E-state index < -0.39 is 48.2 Å². The van der Waals surface area contributed by atoms with Crippen LogP contribution in [0.25, 0.3) is 0 Å². The Morgan fingerprint density at radius 3 is 2.06 bits per heavy atom. The van der Waals surface area contributed by atoms with Crippen LogP contribution in [0.1, 0.15) is 125 Å². The SMILES string of the molecule is CC[C@H](C)[C@@]1([C@@H](CC(=O)N2CCC[C@H]2[C@H](OC)[C@@H](C)C(=O)N[C@H](C(=O)OC)[C@H](C)c2ccccc2)OC)C[C@@H]1CC(C)C(=O)[C@@H](NC(=O)[C@H](C(C)C)N(C)CCCC(=O)O)C(C)C. The van der Waals surface area contributed by atoms with Gasteiger partial charge in [-0.3, -0.25) is 28.9 Å². The smallest absolute Gasteiger partial charge is 0.328 e. The lowest BCUT2D eigenvalue weighted by Crippen LogP contribution is -2.55. The lowest BCUT2D eigenvalue weighted by atomic mass is 9.77. The number of likely N-dealkylation sites (tertiary alicyclic amines) is 1. The zero-order chi connectivity index (χ0) is 47.3. The van der Waals surface area contributed by atoms with Gasteiger partial charge in [0.05, 0.1) is 49.8 Å². The number of amides is 3. The number of nitrogens with zero attached hydrogens (tertiary/aromatic N) is 2. The average Bonchev–Trinajstić information content (AvgIpc) is 3.75. The minimum Gasteiger partial charge on any atom is -0.481 e. The Bertz CT molecular complexity index is 1670. The third kappa shape index (κ3) is 13.3. The largest absolute Gasteiger partial charge is 0.481 e. The Hall–Kier alpha value is -3.88. The van der Waals surface area contributed by atoms with Crippen LogP contribution in [0.5, 0.6) is 0 Å². The number of carboxylic acid groups (broad SMARTS) is 1. The molecule has 0 aromatic heterocycles. The molecular formula is C49H80N4O10. The number of carboxylic acids is 1. The summed E-state index contributed by atoms with van der Waals surface area (Å²) in [6.07, 6.45) is 3.23. The molecule has 2 fully saturated rings. The molecule has 1 saturated carbocycles. The maximum Gasteiger partial charge on any atom is 0.328 e. The summed E-state index contributed by atoms with van der Waals surface area (Å²) in [7, 11) is 6.32. The van der Waals surface area contributed by atoms with E-state index >= 15 is 0 Å². The fraction of sp³-hybridized carbons (Fsp3) is 0.755. The fourth-order valence-electron chi connectivity index (χ4n) is 10.5. The van der Waals surface area contributed by atoms with Crippen LogP contribution in [0, 0.1) is 40.9 Å². The van der Waals surface area contributed by atoms with Crippen LogP contribution in [-0.2, 0) is 43.0 Å². The van der Waals surface area contributed by atoms with Crippen LogP contribution in [-0.4, -0.2) is 128 Å². The molecule has 12 atom stereocenters. The van der Waals surface area contributed by atoms with Gasteiger partial charge < -0.3 is 34.9 Å². The molecule has 1 saturated heterocycles. The second-order valence-electron chi connectivity index (χ2n) is 19.2. The summed E-state index contributed by atoms with van der Waals surface area (Å²) in [5, 5.41) is 15.1. The molecule has 0 bridgehead atoms. The Morgan fingerprint density at radius 1 is 0.889 bits per heavy atom. The molecule has 0 spiro atoms. The van der Waals surface area contributed by atoms with Gasteiger partial charge in [0.1, 0.15) is 6.04 Å². The molecule has 14 heteroatoms. The third-order valence-electron chi connectivity index (χ3n) is 14.4. The lowest BCUT2D eigenvalue weighted by molar-refractivity contribution is -0.148. The molecule has 14 nitrogen and oxygen atoms in total. The highest BCUT2D eigenvalue weighted by molar-refractivity contribution is 5.92. The standard InChI is InChI=1S/C49H80N4O10/c1-14-32(7)49(28-36(49)26-31(6)44(57)41(29(2)3)50-47(59)43(30(4)5)52(10)24-19-23-40(55)56)38(61-11)27-39(54)53-25-18-22-37(53)45(62-12)34(9)46(58)51-42(48(60)63-13)33(8)35-20-16-15-17-21-35/h15-17,20-21,29-34,36-38,41-43,45H,14,18-19,22-28H2,1-13H3,(H,50,59)(H,51,58)(H,55,56)/t31?,32-,33+,34+,36-,37-,38+,41-,42-,43-,45+,49-/m0/s1. The zero-order valence-electron chi connectivity index (χ0n) is 40.5. The number of hydrogen-bond donors (Lipinski definition) is 3. The quantitative estimate of drug-likeness (QED) is 0.0869. The predicted molar refractivity (Wildman–Crippen MR) is 243 cm³/mol. The van der Waals surface area contributed by atoms with Crippen molar-refractivity contribution in [3.05, 3.63) is 35.9 Å². The minimum absolute atomic E-state index is 0.0160. The number of carbonyl (C=O) groups excluding carboxylic acids is 5. The maximum absolute atomic E-state index is 14.4. The van der Waals surface area contributed by atoms with Gasteiger partial charge in [0.25, 0.3) is 0 Å². The molecule has 63 heavy (non-hydrogen) atoms. The second-order valence-corrected chi connectivity index (χ2v) is 19.2. The lowest BCUT2D eigenvalue weighted by Gasteiger charge is -2.37. The first-order chi connectivity index (χ1) is 29.7. The average molecular weight is 885 g/mol. The number of methoxy groups -OCH3 is 3. The summed E-state index contributed by atoms with van der Waals surface area (Å²) < 4.78 is 17.3. The first kappa shape index (κ1) is 53.5. The Kier molecular flexibility index (Phi) is 20.7. The van der Waals surface area contributed by atoms with E-state index in [9.17, 15) is 28.8 Å². The number of likely N-dealkylation sites (N-methyl/N-ethyl adjacent to an activating group) is 1. The number of ketones is 1. The fourth-order valence-corrected chi connectivity index (χ4v) is 10.5. The van der Waals surface area contributed by atoms with Crippen LogP contribution < -0.4 is 10.6 Å². The number of nitrogens with one attached hydrogen (secondary N) is 2. The van der Waals surface area contributed by atoms with Crippen molar-refractivity contribution < 1.29 is 48.1 Å². The molecule has 3 N–H and O–H groups in total. The van der Waals surface area contributed by atoms with Crippen molar-refractivity contribution in [2.24, 2.45) is 40.9 Å². The predicted octanol–water partition coefficient (Wildman–Crippen LogP) is 6.10. The van der Waals surface area contributed by atoms with E-state index in [0.29, 0.717) is 32.4 Å². The number of aliphatic carboxylic acids is 1. The van der Waals surface area contributed by atoms with Gasteiger partial charge in [-0.25, -0.2) is 4.79 Å². The molecule has 1 heterocycles. The van der Waals surface area contributed by atoms with Gasteiger partial charge in [-0.15, -0.1) is 0 Å². The summed E-state index contributed by atoms with van der Waals surface area (Å²) in [5.41, 5.74) is 0.557. The molecule has 1 aromatic carbocycles. The molecule has 0 radical (unpaired) electrons. The highest BCUT2D eigenvalue weighted by atomic mass is 16.5. The normalized spacial score (nSPS) is 23.0. The molecule has 1 unspecified atom stereocenters. The van der Waals surface area contributed by atoms with E-state index in [0.717, 1.165) is 24.8 Å². The summed E-state index contributed by atoms with van der Waals surface area (Å²) in [4.78, 5) is 84.0. The molecule has 3 amide bonds. The Balaban J connectivity index is 1.74. The number of esters is 1. The van der Waals surface area contributed by atoms with Crippen LogP contribution in [0.2, 0.25) is 0 Å². The second kappa shape index (κ2) is 24.4. The van der Waals surface area contributed by atoms with Crippen molar-refractivity contribution in [1.29, 1.82) is 0 Å². The molecule has 3 rings (SSSR count).